The van der Waals surface area contributed by atoms with Gasteiger partial charge in [-0.3, -0.25) is 0 Å². The molecule has 1 aliphatic rings. The summed E-state index contributed by atoms with van der Waals surface area (Å²) < 4.78 is 24.1. The highest BCUT2D eigenvalue weighted by Crippen LogP contribution is 2.11. The van der Waals surface area contributed by atoms with Crippen LogP contribution in [0.25, 0.3) is 0 Å². The van der Waals surface area contributed by atoms with E-state index in [2.05, 4.69) is 5.32 Å². The molecule has 0 bridgehead atoms. The molecule has 1 aliphatic heterocycles. The van der Waals surface area contributed by atoms with Gasteiger partial charge in [0.2, 0.25) is 10.0 Å². The first kappa shape index (κ1) is 11.6. The fourth-order valence-electron chi connectivity index (χ4n) is 1.21. The van der Waals surface area contributed by atoms with E-state index in [-0.39, 0.29) is 24.1 Å². The standard InChI is InChI=1S/C7H13ClN2O3S/c1-6(4-8)5-14(12,13)10-3-2-9-7(10)11/h6H,2-5H2,1H3,(H,9,11). The first-order valence-corrected chi connectivity index (χ1v) is 6.46. The molecular formula is C7H13ClN2O3S. The minimum Gasteiger partial charge on any atom is -0.335 e. The van der Waals surface area contributed by atoms with Crippen LogP contribution in [-0.2, 0) is 10.0 Å². The summed E-state index contributed by atoms with van der Waals surface area (Å²) in [5.74, 6) is 0.0496. The lowest BCUT2D eigenvalue weighted by atomic mass is 10.3. The Bertz CT molecular complexity index is 317. The summed E-state index contributed by atoms with van der Waals surface area (Å²) >= 11 is 5.52. The molecule has 82 valence electrons. The molecule has 0 radical (unpaired) electrons. The lowest BCUT2D eigenvalue weighted by Gasteiger charge is -2.16. The third kappa shape index (κ3) is 2.51. The Morgan fingerprint density at radius 1 is 1.64 bits per heavy atom. The molecule has 0 aromatic carbocycles. The number of nitrogens with zero attached hydrogens (tertiary/aromatic N) is 1. The van der Waals surface area contributed by atoms with Gasteiger partial charge in [0.15, 0.2) is 0 Å². The second kappa shape index (κ2) is 4.35. The molecule has 5 nitrogen and oxygen atoms in total. The lowest BCUT2D eigenvalue weighted by molar-refractivity contribution is 0.235. The molecule has 1 heterocycles. The van der Waals surface area contributed by atoms with Crippen LogP contribution in [0.2, 0.25) is 0 Å². The van der Waals surface area contributed by atoms with Crippen LogP contribution in [0.1, 0.15) is 6.92 Å². The van der Waals surface area contributed by atoms with Gasteiger partial charge in [0.05, 0.1) is 12.3 Å². The molecule has 1 rings (SSSR count). The van der Waals surface area contributed by atoms with Crippen molar-refractivity contribution in [2.45, 2.75) is 6.92 Å². The van der Waals surface area contributed by atoms with Crippen LogP contribution in [0.5, 0.6) is 0 Å². The van der Waals surface area contributed by atoms with Crippen molar-refractivity contribution >= 4 is 27.7 Å². The van der Waals surface area contributed by atoms with Crippen LogP contribution < -0.4 is 5.32 Å². The second-order valence-corrected chi connectivity index (χ2v) is 5.59. The average molecular weight is 241 g/mol. The normalized spacial score (nSPS) is 19.6. The summed E-state index contributed by atoms with van der Waals surface area (Å²) in [6.45, 7) is 2.34. The van der Waals surface area contributed by atoms with Crippen molar-refractivity contribution in [3.8, 4) is 0 Å². The Balaban J connectivity index is 2.70. The van der Waals surface area contributed by atoms with E-state index in [0.717, 1.165) is 4.31 Å². The molecule has 0 aromatic heterocycles. The first-order chi connectivity index (χ1) is 6.47. The molecule has 0 saturated carbocycles. The summed E-state index contributed by atoms with van der Waals surface area (Å²) in [6, 6.07) is -0.535. The molecule has 2 amide bonds. The number of carbonyl (C=O) groups is 1. The Kier molecular flexibility index (Phi) is 3.60. The largest absolute Gasteiger partial charge is 0.335 e. The number of amides is 2. The number of halogens is 1. The van der Waals surface area contributed by atoms with Gasteiger partial charge in [0, 0.05) is 12.4 Å². The van der Waals surface area contributed by atoms with Crippen LogP contribution in [0, 0.1) is 5.92 Å². The van der Waals surface area contributed by atoms with E-state index in [9.17, 15) is 13.2 Å². The number of alkyl halides is 1. The van der Waals surface area contributed by atoms with Crippen molar-refractivity contribution in [3.63, 3.8) is 0 Å². The minimum atomic E-state index is -3.48. The van der Waals surface area contributed by atoms with Crippen molar-refractivity contribution in [2.24, 2.45) is 5.92 Å². The van der Waals surface area contributed by atoms with E-state index in [1.54, 1.807) is 6.92 Å². The summed E-state index contributed by atoms with van der Waals surface area (Å²) in [4.78, 5) is 11.1. The van der Waals surface area contributed by atoms with E-state index in [1.807, 2.05) is 0 Å². The predicted octanol–water partition coefficient (Wildman–Crippen LogP) is 0.216. The van der Waals surface area contributed by atoms with E-state index < -0.39 is 16.1 Å². The van der Waals surface area contributed by atoms with Crippen molar-refractivity contribution in [3.05, 3.63) is 0 Å². The van der Waals surface area contributed by atoms with Crippen molar-refractivity contribution in [1.29, 1.82) is 0 Å². The van der Waals surface area contributed by atoms with Gasteiger partial charge in [-0.15, -0.1) is 11.6 Å². The third-order valence-electron chi connectivity index (χ3n) is 1.91. The van der Waals surface area contributed by atoms with E-state index in [1.165, 1.54) is 0 Å². The topological polar surface area (TPSA) is 66.5 Å². The molecule has 7 heteroatoms. The van der Waals surface area contributed by atoms with Gasteiger partial charge >= 0.3 is 6.03 Å². The molecule has 0 aliphatic carbocycles. The lowest BCUT2D eigenvalue weighted by Crippen LogP contribution is -2.37. The van der Waals surface area contributed by atoms with Crippen LogP contribution >= 0.6 is 11.6 Å². The maximum Gasteiger partial charge on any atom is 0.331 e. The fourth-order valence-corrected chi connectivity index (χ4v) is 3.16. The summed E-state index contributed by atoms with van der Waals surface area (Å²) in [6.07, 6.45) is 0. The Labute approximate surface area is 88.5 Å². The monoisotopic (exact) mass is 240 g/mol. The number of sulfonamides is 1. The number of rotatable bonds is 4. The maximum absolute atomic E-state index is 11.6. The van der Waals surface area contributed by atoms with Gasteiger partial charge in [-0.25, -0.2) is 17.5 Å². The van der Waals surface area contributed by atoms with Gasteiger partial charge in [0.25, 0.3) is 0 Å². The van der Waals surface area contributed by atoms with Crippen molar-refractivity contribution < 1.29 is 13.2 Å². The number of carbonyl (C=O) groups excluding carboxylic acids is 1. The van der Waals surface area contributed by atoms with Gasteiger partial charge in [0.1, 0.15) is 0 Å². The second-order valence-electron chi connectivity index (χ2n) is 3.34. The van der Waals surface area contributed by atoms with Crippen LogP contribution in [0.15, 0.2) is 0 Å². The van der Waals surface area contributed by atoms with Gasteiger partial charge in [-0.1, -0.05) is 6.92 Å². The Hall–Kier alpha value is -0.490. The van der Waals surface area contributed by atoms with Crippen molar-refractivity contribution in [1.82, 2.24) is 9.62 Å². The highest BCUT2D eigenvalue weighted by atomic mass is 35.5. The van der Waals surface area contributed by atoms with Crippen LogP contribution in [0.4, 0.5) is 4.79 Å². The van der Waals surface area contributed by atoms with Crippen LogP contribution in [-0.4, -0.2) is 43.5 Å². The Morgan fingerprint density at radius 3 is 2.71 bits per heavy atom. The van der Waals surface area contributed by atoms with Gasteiger partial charge in [-0.05, 0) is 5.92 Å². The fraction of sp³-hybridized carbons (Fsp3) is 0.857. The van der Waals surface area contributed by atoms with Crippen molar-refractivity contribution in [2.75, 3.05) is 24.7 Å². The number of hydrogen-bond acceptors (Lipinski definition) is 3. The molecule has 0 spiro atoms. The Morgan fingerprint density at radius 2 is 2.29 bits per heavy atom. The zero-order valence-corrected chi connectivity index (χ0v) is 9.44. The molecule has 1 atom stereocenters. The smallest absolute Gasteiger partial charge is 0.331 e. The molecule has 0 aromatic rings. The summed E-state index contributed by atoms with van der Waals surface area (Å²) in [5.41, 5.74) is 0. The number of urea groups is 1. The van der Waals surface area contributed by atoms with E-state index in [4.69, 9.17) is 11.6 Å². The third-order valence-corrected chi connectivity index (χ3v) is 4.45. The molecule has 1 fully saturated rings. The van der Waals surface area contributed by atoms with Crippen LogP contribution in [0.3, 0.4) is 0 Å². The summed E-state index contributed by atoms with van der Waals surface area (Å²) in [7, 11) is -3.48. The molecule has 1 saturated heterocycles. The van der Waals surface area contributed by atoms with E-state index >= 15 is 0 Å². The molecule has 14 heavy (non-hydrogen) atoms. The average Bonchev–Trinajstić information content (AvgIpc) is 2.51. The minimum absolute atomic E-state index is 0.0794. The quantitative estimate of drug-likeness (QED) is 0.715. The highest BCUT2D eigenvalue weighted by molar-refractivity contribution is 7.89. The number of nitrogens with one attached hydrogen (secondary N) is 1. The molecule has 1 unspecified atom stereocenters. The SMILES string of the molecule is CC(CCl)CS(=O)(=O)N1CCNC1=O. The summed E-state index contributed by atoms with van der Waals surface area (Å²) in [5, 5.41) is 2.44. The van der Waals surface area contributed by atoms with Gasteiger partial charge < -0.3 is 5.32 Å². The zero-order chi connectivity index (χ0) is 10.8. The first-order valence-electron chi connectivity index (χ1n) is 4.31. The number of hydrogen-bond donors (Lipinski definition) is 1. The zero-order valence-electron chi connectivity index (χ0n) is 7.86. The van der Waals surface area contributed by atoms with E-state index in [0.29, 0.717) is 6.54 Å². The highest BCUT2D eigenvalue weighted by Gasteiger charge is 2.32. The predicted molar refractivity (Wildman–Crippen MR) is 53.8 cm³/mol. The maximum atomic E-state index is 11.6. The van der Waals surface area contributed by atoms with Gasteiger partial charge in [-0.2, -0.15) is 0 Å². The molecular weight excluding hydrogens is 228 g/mol. The molecule has 1 N–H and O–H groups in total.